The van der Waals surface area contributed by atoms with Crippen LogP contribution in [0.4, 0.5) is 0 Å². The van der Waals surface area contributed by atoms with Gasteiger partial charge in [-0.3, -0.25) is 14.2 Å². The van der Waals surface area contributed by atoms with E-state index in [2.05, 4.69) is 4.99 Å². The maximum absolute atomic E-state index is 13.4. The molecule has 1 aromatic carbocycles. The lowest BCUT2D eigenvalue weighted by atomic mass is 9.92. The number of carbonyl (C=O) groups is 1. The molecule has 1 aliphatic rings. The Balaban J connectivity index is 2.02. The molecule has 0 radical (unpaired) electrons. The fourth-order valence-corrected chi connectivity index (χ4v) is 5.38. The third-order valence-corrected chi connectivity index (χ3v) is 6.76. The van der Waals surface area contributed by atoms with Crippen LogP contribution in [0.1, 0.15) is 30.3 Å². The van der Waals surface area contributed by atoms with Crippen LogP contribution in [0.15, 0.2) is 56.8 Å². The molecule has 0 bridgehead atoms. The van der Waals surface area contributed by atoms with Crippen LogP contribution in [0.25, 0.3) is 6.08 Å². The Morgan fingerprint density at radius 2 is 2.03 bits per heavy atom. The zero-order valence-electron chi connectivity index (χ0n) is 17.0. The molecule has 8 heteroatoms. The van der Waals surface area contributed by atoms with Crippen LogP contribution >= 0.6 is 22.7 Å². The number of allylic oxidation sites excluding steroid dienone is 2. The molecular weight excluding hydrogens is 420 g/mol. The van der Waals surface area contributed by atoms with Gasteiger partial charge in [0.25, 0.3) is 5.56 Å². The van der Waals surface area contributed by atoms with E-state index >= 15 is 0 Å². The molecule has 6 nitrogen and oxygen atoms in total. The molecule has 0 saturated carbocycles. The Morgan fingerprint density at radius 1 is 1.23 bits per heavy atom. The third-order valence-electron chi connectivity index (χ3n) is 4.95. The van der Waals surface area contributed by atoms with Crippen LogP contribution in [-0.4, -0.2) is 24.6 Å². The van der Waals surface area contributed by atoms with E-state index < -0.39 is 6.04 Å². The second kappa shape index (κ2) is 8.04. The van der Waals surface area contributed by atoms with Gasteiger partial charge in [0.15, 0.2) is 10.6 Å². The molecule has 1 aliphatic heterocycles. The minimum atomic E-state index is -0.620. The molecular formula is C22H20N2O4S2. The van der Waals surface area contributed by atoms with Crippen LogP contribution in [0.2, 0.25) is 0 Å². The molecule has 0 saturated heterocycles. The van der Waals surface area contributed by atoms with Gasteiger partial charge in [0, 0.05) is 27.8 Å². The van der Waals surface area contributed by atoms with Crippen molar-refractivity contribution in [3.8, 4) is 11.5 Å². The van der Waals surface area contributed by atoms with Gasteiger partial charge in [-0.25, -0.2) is 4.99 Å². The van der Waals surface area contributed by atoms with E-state index in [4.69, 9.17) is 9.47 Å². The van der Waals surface area contributed by atoms with Gasteiger partial charge >= 0.3 is 0 Å². The number of ether oxygens (including phenoxy) is 2. The van der Waals surface area contributed by atoms with Gasteiger partial charge in [0.2, 0.25) is 0 Å². The number of benzene rings is 1. The molecule has 0 N–H and O–H groups in total. The first-order valence-corrected chi connectivity index (χ1v) is 10.9. The largest absolute Gasteiger partial charge is 0.497 e. The van der Waals surface area contributed by atoms with E-state index in [1.54, 1.807) is 49.2 Å². The lowest BCUT2D eigenvalue weighted by Crippen LogP contribution is -2.39. The summed E-state index contributed by atoms with van der Waals surface area (Å²) in [7, 11) is 3.13. The van der Waals surface area contributed by atoms with Crippen LogP contribution in [0, 0.1) is 0 Å². The van der Waals surface area contributed by atoms with E-state index in [1.807, 2.05) is 29.7 Å². The van der Waals surface area contributed by atoms with Gasteiger partial charge < -0.3 is 9.47 Å². The SMILES string of the molecule is COc1ccc(C2C(C(C)=O)=C(C)N=c3s/c(=C\c4cccs4)c(=O)n32)c(OC)c1. The molecule has 0 aliphatic carbocycles. The number of thiophene rings is 1. The standard InChI is InChI=1S/C22H20N2O4S2/c1-12-19(13(2)25)20(16-8-7-14(27-3)10-17(16)28-4)24-21(26)18(30-22(24)23-12)11-15-6-5-9-29-15/h5-11,20H,1-4H3/b18-11-. The van der Waals surface area contributed by atoms with E-state index in [-0.39, 0.29) is 11.3 Å². The molecule has 3 aromatic rings. The number of Topliss-reactive ketones (excluding diaryl/α,β-unsaturated/α-hetero) is 1. The van der Waals surface area contributed by atoms with Crippen molar-refractivity contribution in [2.75, 3.05) is 14.2 Å². The number of hydrogen-bond donors (Lipinski definition) is 0. The average Bonchev–Trinajstić information content (AvgIpc) is 3.34. The molecule has 1 atom stereocenters. The highest BCUT2D eigenvalue weighted by atomic mass is 32.1. The van der Waals surface area contributed by atoms with Crippen molar-refractivity contribution in [2.24, 2.45) is 4.99 Å². The maximum atomic E-state index is 13.4. The van der Waals surface area contributed by atoms with Crippen molar-refractivity contribution in [1.82, 2.24) is 4.57 Å². The lowest BCUT2D eigenvalue weighted by Gasteiger charge is -2.26. The summed E-state index contributed by atoms with van der Waals surface area (Å²) in [5.74, 6) is 1.04. The lowest BCUT2D eigenvalue weighted by molar-refractivity contribution is -0.114. The minimum absolute atomic E-state index is 0.133. The Labute approximate surface area is 181 Å². The molecule has 0 spiro atoms. The van der Waals surface area contributed by atoms with Crippen LogP contribution in [0.3, 0.4) is 0 Å². The number of fused-ring (bicyclic) bond motifs is 1. The van der Waals surface area contributed by atoms with E-state index in [1.165, 1.54) is 18.3 Å². The second-order valence-corrected chi connectivity index (χ2v) is 8.75. The highest BCUT2D eigenvalue weighted by molar-refractivity contribution is 7.11. The highest BCUT2D eigenvalue weighted by Crippen LogP contribution is 2.37. The Bertz CT molecular complexity index is 1330. The van der Waals surface area contributed by atoms with Gasteiger partial charge in [-0.2, -0.15) is 0 Å². The molecule has 4 rings (SSSR count). The smallest absolute Gasteiger partial charge is 0.271 e. The summed E-state index contributed by atoms with van der Waals surface area (Å²) in [6, 6.07) is 8.66. The average molecular weight is 441 g/mol. The summed E-state index contributed by atoms with van der Waals surface area (Å²) < 4.78 is 13.1. The summed E-state index contributed by atoms with van der Waals surface area (Å²) >= 11 is 2.88. The molecule has 1 unspecified atom stereocenters. The van der Waals surface area contributed by atoms with Crippen molar-refractivity contribution in [2.45, 2.75) is 19.9 Å². The van der Waals surface area contributed by atoms with Crippen LogP contribution in [0.5, 0.6) is 11.5 Å². The van der Waals surface area contributed by atoms with Gasteiger partial charge in [0.05, 0.1) is 24.8 Å². The van der Waals surface area contributed by atoms with E-state index in [9.17, 15) is 9.59 Å². The van der Waals surface area contributed by atoms with Gasteiger partial charge in [-0.05, 0) is 43.5 Å². The first kappa shape index (κ1) is 20.3. The van der Waals surface area contributed by atoms with Gasteiger partial charge in [0.1, 0.15) is 11.5 Å². The zero-order valence-corrected chi connectivity index (χ0v) is 18.6. The number of thiazole rings is 1. The highest BCUT2D eigenvalue weighted by Gasteiger charge is 2.32. The normalized spacial score (nSPS) is 16.3. The van der Waals surface area contributed by atoms with E-state index in [0.29, 0.717) is 37.7 Å². The minimum Gasteiger partial charge on any atom is -0.497 e. The zero-order chi connectivity index (χ0) is 21.4. The molecule has 2 aromatic heterocycles. The summed E-state index contributed by atoms with van der Waals surface area (Å²) in [6.45, 7) is 3.30. The van der Waals surface area contributed by atoms with E-state index in [0.717, 1.165) is 4.88 Å². The number of methoxy groups -OCH3 is 2. The van der Waals surface area contributed by atoms with Crippen molar-refractivity contribution >= 4 is 34.5 Å². The summed E-state index contributed by atoms with van der Waals surface area (Å²) in [5, 5.41) is 1.96. The molecule has 0 fully saturated rings. The van der Waals surface area contributed by atoms with Crippen molar-refractivity contribution in [3.05, 3.63) is 77.1 Å². The summed E-state index contributed by atoms with van der Waals surface area (Å²) in [5.41, 5.74) is 1.62. The molecule has 30 heavy (non-hydrogen) atoms. The van der Waals surface area contributed by atoms with Gasteiger partial charge in [-0.1, -0.05) is 17.4 Å². The first-order chi connectivity index (χ1) is 14.4. The Kier molecular flexibility index (Phi) is 5.44. The molecule has 3 heterocycles. The Morgan fingerprint density at radius 3 is 2.67 bits per heavy atom. The topological polar surface area (TPSA) is 69.9 Å². The maximum Gasteiger partial charge on any atom is 0.271 e. The number of ketones is 1. The predicted octanol–water partition coefficient (Wildman–Crippen LogP) is 2.90. The van der Waals surface area contributed by atoms with Crippen molar-refractivity contribution in [1.29, 1.82) is 0 Å². The number of aromatic nitrogens is 1. The van der Waals surface area contributed by atoms with Crippen molar-refractivity contribution in [3.63, 3.8) is 0 Å². The number of nitrogens with zero attached hydrogens (tertiary/aromatic N) is 2. The molecule has 154 valence electrons. The fourth-order valence-electron chi connectivity index (χ4n) is 3.61. The fraction of sp³-hybridized carbons (Fsp3) is 0.227. The molecule has 0 amide bonds. The van der Waals surface area contributed by atoms with Crippen LogP contribution in [-0.2, 0) is 4.79 Å². The monoisotopic (exact) mass is 440 g/mol. The summed E-state index contributed by atoms with van der Waals surface area (Å²) in [6.07, 6.45) is 1.86. The number of hydrogen-bond acceptors (Lipinski definition) is 7. The predicted molar refractivity (Wildman–Crippen MR) is 118 cm³/mol. The number of carbonyl (C=O) groups excluding carboxylic acids is 1. The quantitative estimate of drug-likeness (QED) is 0.612. The second-order valence-electron chi connectivity index (χ2n) is 6.76. The van der Waals surface area contributed by atoms with Gasteiger partial charge in [-0.15, -0.1) is 11.3 Å². The number of rotatable bonds is 5. The first-order valence-electron chi connectivity index (χ1n) is 9.23. The summed E-state index contributed by atoms with van der Waals surface area (Å²) in [4.78, 5) is 32.1. The van der Waals surface area contributed by atoms with Crippen LogP contribution < -0.4 is 24.4 Å². The third kappa shape index (κ3) is 3.42. The Hall–Kier alpha value is -2.97. The van der Waals surface area contributed by atoms with Crippen molar-refractivity contribution < 1.29 is 14.3 Å².